The van der Waals surface area contributed by atoms with Crippen LogP contribution in [0.2, 0.25) is 0 Å². The molecule has 2 aromatic carbocycles. The van der Waals surface area contributed by atoms with Crippen molar-refractivity contribution < 1.29 is 9.53 Å². The van der Waals surface area contributed by atoms with Crippen LogP contribution in [0.4, 0.5) is 0 Å². The molecule has 1 aliphatic heterocycles. The first-order valence-electron chi connectivity index (χ1n) is 12.0. The van der Waals surface area contributed by atoms with Gasteiger partial charge in [0.05, 0.1) is 6.61 Å². The molecule has 0 unspecified atom stereocenters. The number of hydrogen-bond acceptors (Lipinski definition) is 4. The standard InChI is InChI=1S/C28H38N2O2/c1-4-32-28(31)14-6-5-7-15-29-16-18-30(19-17-29)24(3)27-13-9-12-26(22-27)21-25-11-8-10-23(2)20-25/h8-13,20,22H,3-7,14-19,21H2,1-2H3. The van der Waals surface area contributed by atoms with Crippen molar-refractivity contribution in [3.05, 3.63) is 77.4 Å². The van der Waals surface area contributed by atoms with Gasteiger partial charge in [0.25, 0.3) is 0 Å². The van der Waals surface area contributed by atoms with Gasteiger partial charge >= 0.3 is 5.97 Å². The lowest BCUT2D eigenvalue weighted by Gasteiger charge is -2.37. The smallest absolute Gasteiger partial charge is 0.305 e. The number of ether oxygens (including phenoxy) is 1. The molecule has 1 aliphatic rings. The van der Waals surface area contributed by atoms with E-state index in [1.807, 2.05) is 6.92 Å². The van der Waals surface area contributed by atoms with E-state index in [9.17, 15) is 4.79 Å². The summed E-state index contributed by atoms with van der Waals surface area (Å²) >= 11 is 0. The predicted octanol–water partition coefficient (Wildman–Crippen LogP) is 5.30. The van der Waals surface area contributed by atoms with Crippen molar-refractivity contribution in [2.75, 3.05) is 39.3 Å². The second-order valence-corrected chi connectivity index (χ2v) is 8.76. The lowest BCUT2D eigenvalue weighted by molar-refractivity contribution is -0.143. The number of nitrogens with zero attached hydrogens (tertiary/aromatic N) is 2. The van der Waals surface area contributed by atoms with E-state index in [-0.39, 0.29) is 5.97 Å². The van der Waals surface area contributed by atoms with Crippen molar-refractivity contribution in [1.29, 1.82) is 0 Å². The van der Waals surface area contributed by atoms with E-state index in [0.29, 0.717) is 13.0 Å². The Kier molecular flexibility index (Phi) is 9.36. The molecule has 0 atom stereocenters. The fraction of sp³-hybridized carbons (Fsp3) is 0.464. The number of unbranched alkanes of at least 4 members (excludes halogenated alkanes) is 2. The van der Waals surface area contributed by atoms with Gasteiger partial charge in [-0.25, -0.2) is 0 Å². The van der Waals surface area contributed by atoms with Crippen molar-refractivity contribution in [1.82, 2.24) is 9.80 Å². The Bertz CT molecular complexity index is 885. The number of benzene rings is 2. The average molecular weight is 435 g/mol. The highest BCUT2D eigenvalue weighted by Crippen LogP contribution is 2.22. The third kappa shape index (κ3) is 7.52. The van der Waals surface area contributed by atoms with Gasteiger partial charge in [0.2, 0.25) is 0 Å². The minimum atomic E-state index is -0.0671. The maximum absolute atomic E-state index is 11.4. The lowest BCUT2D eigenvalue weighted by atomic mass is 10.0. The fourth-order valence-corrected chi connectivity index (χ4v) is 4.36. The van der Waals surface area contributed by atoms with Crippen molar-refractivity contribution >= 4 is 11.7 Å². The number of aryl methyl sites for hydroxylation is 1. The number of hydrogen-bond donors (Lipinski definition) is 0. The molecule has 1 saturated heterocycles. The SMILES string of the molecule is C=C(c1cccc(Cc2cccc(C)c2)c1)N1CCN(CCCCCC(=O)OCC)CC1. The predicted molar refractivity (Wildman–Crippen MR) is 133 cm³/mol. The Morgan fingerprint density at radius 2 is 1.69 bits per heavy atom. The molecule has 32 heavy (non-hydrogen) atoms. The monoisotopic (exact) mass is 434 g/mol. The summed E-state index contributed by atoms with van der Waals surface area (Å²) in [7, 11) is 0. The summed E-state index contributed by atoms with van der Waals surface area (Å²) in [5.41, 5.74) is 6.34. The van der Waals surface area contributed by atoms with Gasteiger partial charge in [-0.05, 0) is 62.4 Å². The van der Waals surface area contributed by atoms with Gasteiger partial charge < -0.3 is 9.64 Å². The normalized spacial score (nSPS) is 14.4. The Labute approximate surface area is 193 Å². The van der Waals surface area contributed by atoms with Crippen LogP contribution < -0.4 is 0 Å². The highest BCUT2D eigenvalue weighted by molar-refractivity contribution is 5.69. The molecule has 3 rings (SSSR count). The summed E-state index contributed by atoms with van der Waals surface area (Å²) in [6, 6.07) is 17.6. The second kappa shape index (κ2) is 12.4. The van der Waals surface area contributed by atoms with E-state index in [1.165, 1.54) is 22.3 Å². The first-order valence-corrected chi connectivity index (χ1v) is 12.0. The molecule has 4 nitrogen and oxygen atoms in total. The van der Waals surface area contributed by atoms with Gasteiger partial charge in [-0.2, -0.15) is 0 Å². The van der Waals surface area contributed by atoms with E-state index >= 15 is 0 Å². The van der Waals surface area contributed by atoms with Gasteiger partial charge in [-0.1, -0.05) is 61.0 Å². The van der Waals surface area contributed by atoms with Crippen molar-refractivity contribution in [2.45, 2.75) is 46.0 Å². The van der Waals surface area contributed by atoms with Crippen LogP contribution in [0.3, 0.4) is 0 Å². The Balaban J connectivity index is 1.42. The van der Waals surface area contributed by atoms with Crippen molar-refractivity contribution in [3.8, 4) is 0 Å². The van der Waals surface area contributed by atoms with Gasteiger partial charge in [0.1, 0.15) is 0 Å². The lowest BCUT2D eigenvalue weighted by Crippen LogP contribution is -2.45. The molecular weight excluding hydrogens is 396 g/mol. The maximum Gasteiger partial charge on any atom is 0.305 e. The Hall–Kier alpha value is -2.59. The molecule has 1 heterocycles. The van der Waals surface area contributed by atoms with Crippen LogP contribution in [0.5, 0.6) is 0 Å². The quantitative estimate of drug-likeness (QED) is 0.355. The number of carbonyl (C=O) groups excluding carboxylic acids is 1. The molecule has 4 heteroatoms. The largest absolute Gasteiger partial charge is 0.466 e. The molecule has 0 bridgehead atoms. The minimum absolute atomic E-state index is 0.0671. The van der Waals surface area contributed by atoms with Crippen molar-refractivity contribution in [2.24, 2.45) is 0 Å². The fourth-order valence-electron chi connectivity index (χ4n) is 4.36. The van der Waals surface area contributed by atoms with Crippen LogP contribution in [0.15, 0.2) is 55.1 Å². The molecule has 0 saturated carbocycles. The Morgan fingerprint density at radius 1 is 0.969 bits per heavy atom. The molecule has 2 aromatic rings. The highest BCUT2D eigenvalue weighted by Gasteiger charge is 2.18. The van der Waals surface area contributed by atoms with E-state index in [2.05, 4.69) is 71.8 Å². The van der Waals surface area contributed by atoms with Gasteiger partial charge in [0, 0.05) is 38.3 Å². The zero-order chi connectivity index (χ0) is 22.8. The molecule has 0 amide bonds. The van der Waals surface area contributed by atoms with Crippen LogP contribution in [0.1, 0.15) is 54.9 Å². The molecule has 0 aliphatic carbocycles. The minimum Gasteiger partial charge on any atom is -0.466 e. The second-order valence-electron chi connectivity index (χ2n) is 8.76. The summed E-state index contributed by atoms with van der Waals surface area (Å²) in [5, 5.41) is 0. The topological polar surface area (TPSA) is 32.8 Å². The van der Waals surface area contributed by atoms with Crippen molar-refractivity contribution in [3.63, 3.8) is 0 Å². The third-order valence-electron chi connectivity index (χ3n) is 6.17. The first kappa shape index (κ1) is 24.1. The summed E-state index contributed by atoms with van der Waals surface area (Å²) in [5.74, 6) is -0.0671. The van der Waals surface area contributed by atoms with E-state index < -0.39 is 0 Å². The van der Waals surface area contributed by atoms with E-state index in [1.54, 1.807) is 0 Å². The highest BCUT2D eigenvalue weighted by atomic mass is 16.5. The number of rotatable bonds is 11. The summed E-state index contributed by atoms with van der Waals surface area (Å²) in [6.07, 6.45) is 4.65. The van der Waals surface area contributed by atoms with Crippen LogP contribution in [-0.2, 0) is 16.0 Å². The summed E-state index contributed by atoms with van der Waals surface area (Å²) < 4.78 is 4.99. The molecule has 172 valence electrons. The molecular formula is C28H38N2O2. The van der Waals surface area contributed by atoms with E-state index in [0.717, 1.165) is 64.1 Å². The molecule has 1 fully saturated rings. The van der Waals surface area contributed by atoms with Crippen LogP contribution in [-0.4, -0.2) is 55.1 Å². The first-order chi connectivity index (χ1) is 15.5. The number of esters is 1. The summed E-state index contributed by atoms with van der Waals surface area (Å²) in [6.45, 7) is 14.2. The third-order valence-corrected chi connectivity index (χ3v) is 6.17. The number of piperazine rings is 1. The molecule has 0 radical (unpaired) electrons. The molecule has 0 N–H and O–H groups in total. The zero-order valence-electron chi connectivity index (χ0n) is 19.8. The van der Waals surface area contributed by atoms with Gasteiger partial charge in [-0.15, -0.1) is 0 Å². The van der Waals surface area contributed by atoms with Gasteiger partial charge in [0.15, 0.2) is 0 Å². The maximum atomic E-state index is 11.4. The number of carbonyl (C=O) groups is 1. The summed E-state index contributed by atoms with van der Waals surface area (Å²) in [4.78, 5) is 16.4. The van der Waals surface area contributed by atoms with Crippen LogP contribution in [0.25, 0.3) is 5.70 Å². The average Bonchev–Trinajstić information content (AvgIpc) is 2.79. The Morgan fingerprint density at radius 3 is 2.41 bits per heavy atom. The molecule has 0 spiro atoms. The van der Waals surface area contributed by atoms with E-state index in [4.69, 9.17) is 4.74 Å². The zero-order valence-corrected chi connectivity index (χ0v) is 19.8. The molecule has 0 aromatic heterocycles. The van der Waals surface area contributed by atoms with Crippen LogP contribution >= 0.6 is 0 Å². The van der Waals surface area contributed by atoms with Gasteiger partial charge in [-0.3, -0.25) is 9.69 Å². The van der Waals surface area contributed by atoms with Crippen LogP contribution in [0, 0.1) is 6.92 Å².